The Bertz CT molecular complexity index is 1720. The van der Waals surface area contributed by atoms with Crippen molar-refractivity contribution in [3.63, 3.8) is 0 Å². The average molecular weight is 1050 g/mol. The molecule has 1 atom stereocenters. The Balaban J connectivity index is 4.36. The van der Waals surface area contributed by atoms with Gasteiger partial charge in [-0.3, -0.25) is 14.4 Å². The van der Waals surface area contributed by atoms with E-state index in [2.05, 4.69) is 179 Å². The van der Waals surface area contributed by atoms with Gasteiger partial charge in [-0.25, -0.2) is 0 Å². The maximum atomic E-state index is 12.9. The zero-order valence-corrected chi connectivity index (χ0v) is 48.7. The molecule has 0 saturated carbocycles. The van der Waals surface area contributed by atoms with E-state index in [4.69, 9.17) is 14.2 Å². The first kappa shape index (κ1) is 71.0. The van der Waals surface area contributed by atoms with Crippen molar-refractivity contribution in [3.8, 4) is 0 Å². The fourth-order valence-electron chi connectivity index (χ4n) is 7.79. The van der Waals surface area contributed by atoms with Gasteiger partial charge in [0.25, 0.3) is 0 Å². The van der Waals surface area contributed by atoms with Crippen molar-refractivity contribution in [1.82, 2.24) is 0 Å². The van der Waals surface area contributed by atoms with Crippen LogP contribution >= 0.6 is 0 Å². The second-order valence-corrected chi connectivity index (χ2v) is 19.5. The smallest absolute Gasteiger partial charge is 0.306 e. The van der Waals surface area contributed by atoms with Crippen LogP contribution in [0.1, 0.15) is 245 Å². The summed E-state index contributed by atoms with van der Waals surface area (Å²) < 4.78 is 16.8. The molecule has 0 rings (SSSR count). The lowest BCUT2D eigenvalue weighted by molar-refractivity contribution is -0.167. The molecule has 0 N–H and O–H groups in total. The Morgan fingerprint density at radius 2 is 0.526 bits per heavy atom. The second kappa shape index (κ2) is 62.6. The van der Waals surface area contributed by atoms with Gasteiger partial charge in [-0.15, -0.1) is 0 Å². The maximum absolute atomic E-state index is 12.9. The fraction of sp³-hybridized carbons (Fsp3) is 0.586. The number of rotatable bonds is 53. The van der Waals surface area contributed by atoms with E-state index >= 15 is 0 Å². The Morgan fingerprint density at radius 1 is 0.276 bits per heavy atom. The van der Waals surface area contributed by atoms with Crippen LogP contribution in [-0.4, -0.2) is 37.2 Å². The highest BCUT2D eigenvalue weighted by molar-refractivity contribution is 5.71. The van der Waals surface area contributed by atoms with Crippen LogP contribution in [0.3, 0.4) is 0 Å². The lowest BCUT2D eigenvalue weighted by atomic mass is 10.1. The van der Waals surface area contributed by atoms with Crippen LogP contribution in [0.2, 0.25) is 0 Å². The van der Waals surface area contributed by atoms with Crippen molar-refractivity contribution in [2.75, 3.05) is 13.2 Å². The van der Waals surface area contributed by atoms with Crippen LogP contribution in [0, 0.1) is 0 Å². The summed E-state index contributed by atoms with van der Waals surface area (Å²) in [5, 5.41) is 0. The maximum Gasteiger partial charge on any atom is 0.306 e. The highest BCUT2D eigenvalue weighted by Crippen LogP contribution is 2.14. The quantitative estimate of drug-likeness (QED) is 0.0261. The number of hydrogen-bond donors (Lipinski definition) is 0. The molecule has 0 aliphatic heterocycles. The fourth-order valence-corrected chi connectivity index (χ4v) is 7.79. The number of hydrogen-bond acceptors (Lipinski definition) is 6. The van der Waals surface area contributed by atoms with Crippen LogP contribution in [0.5, 0.6) is 0 Å². The summed E-state index contributed by atoms with van der Waals surface area (Å²) >= 11 is 0. The van der Waals surface area contributed by atoms with Crippen molar-refractivity contribution in [3.05, 3.63) is 158 Å². The summed E-state index contributed by atoms with van der Waals surface area (Å²) in [5.41, 5.74) is 0. The van der Waals surface area contributed by atoms with Gasteiger partial charge in [-0.1, -0.05) is 262 Å². The number of ether oxygens (including phenoxy) is 3. The second-order valence-electron chi connectivity index (χ2n) is 19.5. The molecular formula is C70H110O6. The minimum absolute atomic E-state index is 0.104. The normalized spacial score (nSPS) is 13.2. The highest BCUT2D eigenvalue weighted by atomic mass is 16.6. The van der Waals surface area contributed by atoms with E-state index in [0.29, 0.717) is 19.3 Å². The van der Waals surface area contributed by atoms with Crippen LogP contribution in [0.15, 0.2) is 158 Å². The lowest BCUT2D eigenvalue weighted by Crippen LogP contribution is -2.30. The molecule has 0 fully saturated rings. The molecule has 0 aromatic rings. The standard InChI is InChI=1S/C70H110O6/c1-4-7-10-13-16-19-21-23-25-27-29-31-32-33-34-35-36-37-38-40-41-43-45-47-49-51-54-57-60-63-69(72)75-66-67(65-74-68(71)62-59-56-53-18-15-12-9-6-3)76-70(73)64-61-58-55-52-50-48-46-44-42-39-30-28-26-24-22-20-17-14-11-8-5-2/h7-8,10-11,16-17,19-20,23-26,29-31,33-34,36-37,39-41,45,47,51,54,67H,4-6,9,12-15,18,21-22,27-28,32,35,38,42-44,46,48-50,52-53,55-66H2,1-3H3/b10-7-,11-8-,19-16-,20-17-,25-23-,26-24-,31-29-,34-33-,37-36-,39-30-,41-40-,47-45-,54-51-. The molecule has 76 heavy (non-hydrogen) atoms. The summed E-state index contributed by atoms with van der Waals surface area (Å²) in [6.07, 6.45) is 91.2. The van der Waals surface area contributed by atoms with Gasteiger partial charge in [0.1, 0.15) is 13.2 Å². The van der Waals surface area contributed by atoms with E-state index in [1.54, 1.807) is 0 Å². The van der Waals surface area contributed by atoms with E-state index in [1.165, 1.54) is 64.2 Å². The van der Waals surface area contributed by atoms with Gasteiger partial charge >= 0.3 is 17.9 Å². The van der Waals surface area contributed by atoms with Gasteiger partial charge in [0.05, 0.1) is 0 Å². The molecule has 426 valence electrons. The van der Waals surface area contributed by atoms with E-state index in [1.807, 2.05) is 0 Å². The molecule has 0 spiro atoms. The van der Waals surface area contributed by atoms with E-state index in [9.17, 15) is 14.4 Å². The third-order valence-corrected chi connectivity index (χ3v) is 12.3. The Labute approximate surface area is 467 Å². The molecule has 0 amide bonds. The van der Waals surface area contributed by atoms with Gasteiger partial charge in [0, 0.05) is 19.3 Å². The van der Waals surface area contributed by atoms with E-state index < -0.39 is 6.10 Å². The molecule has 0 aromatic carbocycles. The van der Waals surface area contributed by atoms with Gasteiger partial charge in [0.15, 0.2) is 6.10 Å². The first-order valence-corrected chi connectivity index (χ1v) is 30.5. The molecule has 0 aromatic heterocycles. The molecule has 0 heterocycles. The lowest BCUT2D eigenvalue weighted by Gasteiger charge is -2.18. The Kier molecular flexibility index (Phi) is 58.5. The average Bonchev–Trinajstić information content (AvgIpc) is 3.42. The molecule has 1 unspecified atom stereocenters. The van der Waals surface area contributed by atoms with Crippen molar-refractivity contribution in [2.45, 2.75) is 252 Å². The minimum atomic E-state index is -0.811. The zero-order chi connectivity index (χ0) is 55.0. The van der Waals surface area contributed by atoms with Crippen LogP contribution in [0.4, 0.5) is 0 Å². The molecule has 0 aliphatic rings. The third kappa shape index (κ3) is 59.9. The Hall–Kier alpha value is -4.97. The SMILES string of the molecule is CC/C=C\C/C=C\C/C=C\C/C=C\C/C=C\C/C=C\C/C=C\C/C=C\C/C=C\CCCC(=O)OCC(COC(=O)CCCCCCCCCC)OC(=O)CCCCCCCCCC/C=C\C/C=C\C/C=C\C/C=C\CC. The number of allylic oxidation sites excluding steroid dienone is 26. The van der Waals surface area contributed by atoms with E-state index in [-0.39, 0.29) is 37.5 Å². The van der Waals surface area contributed by atoms with Crippen LogP contribution in [-0.2, 0) is 28.6 Å². The van der Waals surface area contributed by atoms with Crippen molar-refractivity contribution in [2.24, 2.45) is 0 Å². The summed E-state index contributed by atoms with van der Waals surface area (Å²) in [7, 11) is 0. The van der Waals surface area contributed by atoms with Gasteiger partial charge < -0.3 is 14.2 Å². The predicted molar refractivity (Wildman–Crippen MR) is 329 cm³/mol. The highest BCUT2D eigenvalue weighted by Gasteiger charge is 2.19. The summed E-state index contributed by atoms with van der Waals surface area (Å²) in [6, 6.07) is 0. The molecule has 6 heteroatoms. The molecule has 0 saturated heterocycles. The van der Waals surface area contributed by atoms with Crippen LogP contribution < -0.4 is 0 Å². The van der Waals surface area contributed by atoms with E-state index in [0.717, 1.165) is 135 Å². The molecule has 0 aliphatic carbocycles. The first-order valence-electron chi connectivity index (χ1n) is 30.5. The topological polar surface area (TPSA) is 78.9 Å². The van der Waals surface area contributed by atoms with Crippen molar-refractivity contribution >= 4 is 17.9 Å². The summed E-state index contributed by atoms with van der Waals surface area (Å²) in [6.45, 7) is 6.32. The first-order chi connectivity index (χ1) is 37.5. The number of esters is 3. The predicted octanol–water partition coefficient (Wildman–Crippen LogP) is 20.9. The molecule has 0 bridgehead atoms. The molecule has 0 radical (unpaired) electrons. The van der Waals surface area contributed by atoms with Gasteiger partial charge in [0.2, 0.25) is 0 Å². The number of carbonyl (C=O) groups is 3. The van der Waals surface area contributed by atoms with Crippen molar-refractivity contribution in [1.29, 1.82) is 0 Å². The van der Waals surface area contributed by atoms with Crippen molar-refractivity contribution < 1.29 is 28.6 Å². The third-order valence-electron chi connectivity index (χ3n) is 12.3. The molecule has 6 nitrogen and oxygen atoms in total. The Morgan fingerprint density at radius 3 is 0.855 bits per heavy atom. The molecular weight excluding hydrogens is 937 g/mol. The monoisotopic (exact) mass is 1050 g/mol. The zero-order valence-electron chi connectivity index (χ0n) is 48.7. The number of carbonyl (C=O) groups excluding carboxylic acids is 3. The van der Waals surface area contributed by atoms with Gasteiger partial charge in [-0.2, -0.15) is 0 Å². The summed E-state index contributed by atoms with van der Waals surface area (Å²) in [5.74, 6) is -0.986. The largest absolute Gasteiger partial charge is 0.462 e. The van der Waals surface area contributed by atoms with Gasteiger partial charge in [-0.05, 0) is 122 Å². The number of unbranched alkanes of at least 4 members (excludes halogenated alkanes) is 16. The summed E-state index contributed by atoms with van der Waals surface area (Å²) in [4.78, 5) is 38.1. The van der Waals surface area contributed by atoms with Crippen LogP contribution in [0.25, 0.3) is 0 Å². The minimum Gasteiger partial charge on any atom is -0.462 e.